The zero-order chi connectivity index (χ0) is 11.4. The van der Waals surface area contributed by atoms with Crippen LogP contribution in [0.25, 0.3) is 10.9 Å². The lowest BCUT2D eigenvalue weighted by Gasteiger charge is -2.08. The first kappa shape index (κ1) is 10.7. The summed E-state index contributed by atoms with van der Waals surface area (Å²) >= 11 is 0. The lowest BCUT2D eigenvalue weighted by atomic mass is 10.2. The average Bonchev–Trinajstić information content (AvgIpc) is 2.35. The number of hydrogen-bond donors (Lipinski definition) is 2. The molecule has 0 aliphatic rings. The summed E-state index contributed by atoms with van der Waals surface area (Å²) in [6.07, 6.45) is 1.06. The average molecular weight is 216 g/mol. The van der Waals surface area contributed by atoms with Crippen molar-refractivity contribution in [3.8, 4) is 0 Å². The number of para-hydroxylation sites is 1. The van der Waals surface area contributed by atoms with E-state index < -0.39 is 0 Å². The van der Waals surface area contributed by atoms with Gasteiger partial charge in [-0.1, -0.05) is 19.1 Å². The van der Waals surface area contributed by atoms with Crippen molar-refractivity contribution in [1.29, 1.82) is 0 Å². The second-order valence-electron chi connectivity index (χ2n) is 3.59. The van der Waals surface area contributed by atoms with Gasteiger partial charge in [-0.25, -0.2) is 4.98 Å². The topological polar surface area (TPSA) is 49.8 Å². The molecular formula is C12H16N4. The molecule has 0 aliphatic heterocycles. The molecule has 0 spiro atoms. The third-order valence-corrected chi connectivity index (χ3v) is 2.37. The molecule has 0 amide bonds. The minimum absolute atomic E-state index is 0.685. The summed E-state index contributed by atoms with van der Waals surface area (Å²) in [6, 6.07) is 7.99. The molecule has 4 nitrogen and oxygen atoms in total. The Bertz CT molecular complexity index is 481. The van der Waals surface area contributed by atoms with Crippen LogP contribution in [0.2, 0.25) is 0 Å². The predicted molar refractivity (Wildman–Crippen MR) is 67.9 cm³/mol. The second kappa shape index (κ2) is 4.79. The third-order valence-electron chi connectivity index (χ3n) is 2.37. The molecule has 1 aromatic carbocycles. The van der Waals surface area contributed by atoms with Gasteiger partial charge in [0.15, 0.2) is 0 Å². The number of hydrogen-bond acceptors (Lipinski definition) is 4. The van der Waals surface area contributed by atoms with Gasteiger partial charge >= 0.3 is 0 Å². The van der Waals surface area contributed by atoms with Crippen LogP contribution in [0.3, 0.4) is 0 Å². The lowest BCUT2D eigenvalue weighted by molar-refractivity contribution is 0.957. The van der Waals surface area contributed by atoms with Crippen molar-refractivity contribution in [2.75, 3.05) is 24.2 Å². The monoisotopic (exact) mass is 216 g/mol. The molecule has 0 atom stereocenters. The minimum atomic E-state index is 0.685. The number of fused-ring (bicyclic) bond motifs is 1. The van der Waals surface area contributed by atoms with Crippen LogP contribution in [0.1, 0.15) is 13.3 Å². The molecule has 2 rings (SSSR count). The van der Waals surface area contributed by atoms with Crippen LogP contribution in [0.15, 0.2) is 24.3 Å². The van der Waals surface area contributed by atoms with E-state index in [9.17, 15) is 0 Å². The van der Waals surface area contributed by atoms with Crippen molar-refractivity contribution in [2.45, 2.75) is 13.3 Å². The van der Waals surface area contributed by atoms with Gasteiger partial charge in [-0.3, -0.25) is 0 Å². The van der Waals surface area contributed by atoms with Crippen molar-refractivity contribution < 1.29 is 0 Å². The van der Waals surface area contributed by atoms with Gasteiger partial charge in [0.2, 0.25) is 5.95 Å². The van der Waals surface area contributed by atoms with Crippen LogP contribution in [0.5, 0.6) is 0 Å². The lowest BCUT2D eigenvalue weighted by Crippen LogP contribution is -2.06. The predicted octanol–water partition coefficient (Wildman–Crippen LogP) is 2.49. The number of rotatable bonds is 4. The highest BCUT2D eigenvalue weighted by Crippen LogP contribution is 2.20. The first-order valence-corrected chi connectivity index (χ1v) is 5.53. The van der Waals surface area contributed by atoms with E-state index in [1.54, 1.807) is 0 Å². The van der Waals surface area contributed by atoms with Crippen molar-refractivity contribution in [1.82, 2.24) is 9.97 Å². The van der Waals surface area contributed by atoms with Gasteiger partial charge in [0.05, 0.1) is 5.52 Å². The summed E-state index contributed by atoms with van der Waals surface area (Å²) in [6.45, 7) is 3.01. The van der Waals surface area contributed by atoms with E-state index in [0.717, 1.165) is 29.7 Å². The van der Waals surface area contributed by atoms with Crippen LogP contribution < -0.4 is 10.6 Å². The van der Waals surface area contributed by atoms with Crippen LogP contribution >= 0.6 is 0 Å². The largest absolute Gasteiger partial charge is 0.372 e. The highest BCUT2D eigenvalue weighted by molar-refractivity contribution is 5.89. The van der Waals surface area contributed by atoms with Crippen molar-refractivity contribution in [3.05, 3.63) is 24.3 Å². The van der Waals surface area contributed by atoms with E-state index >= 15 is 0 Å². The molecule has 1 heterocycles. The van der Waals surface area contributed by atoms with Crippen LogP contribution in [0.4, 0.5) is 11.8 Å². The van der Waals surface area contributed by atoms with Gasteiger partial charge in [-0.05, 0) is 18.6 Å². The number of nitrogens with one attached hydrogen (secondary N) is 2. The fourth-order valence-electron chi connectivity index (χ4n) is 1.58. The Kier molecular flexibility index (Phi) is 3.19. The normalized spacial score (nSPS) is 10.4. The molecule has 4 heteroatoms. The molecule has 16 heavy (non-hydrogen) atoms. The third kappa shape index (κ3) is 2.05. The molecule has 0 bridgehead atoms. The molecule has 0 saturated carbocycles. The van der Waals surface area contributed by atoms with E-state index in [1.807, 2.05) is 31.3 Å². The van der Waals surface area contributed by atoms with Gasteiger partial charge in [-0.2, -0.15) is 4.98 Å². The smallest absolute Gasteiger partial charge is 0.225 e. The first-order chi connectivity index (χ1) is 7.85. The van der Waals surface area contributed by atoms with Crippen molar-refractivity contribution in [2.24, 2.45) is 0 Å². The zero-order valence-corrected chi connectivity index (χ0v) is 9.62. The standard InChI is InChI=1S/C12H16N4/c1-3-8-14-12-15-10-7-5-4-6-9(10)11(13-2)16-12/h4-7H,3,8H2,1-2H3,(H2,13,14,15,16). The molecule has 0 fully saturated rings. The number of anilines is 2. The zero-order valence-electron chi connectivity index (χ0n) is 9.62. The number of benzene rings is 1. The van der Waals surface area contributed by atoms with E-state index in [2.05, 4.69) is 27.5 Å². The second-order valence-corrected chi connectivity index (χ2v) is 3.59. The quantitative estimate of drug-likeness (QED) is 0.824. The molecule has 2 N–H and O–H groups in total. The highest BCUT2D eigenvalue weighted by Gasteiger charge is 2.04. The summed E-state index contributed by atoms with van der Waals surface area (Å²) in [7, 11) is 1.87. The Balaban J connectivity index is 2.46. The highest BCUT2D eigenvalue weighted by atomic mass is 15.1. The molecule has 0 radical (unpaired) electrons. The fraction of sp³-hybridized carbons (Fsp3) is 0.333. The maximum atomic E-state index is 4.46. The van der Waals surface area contributed by atoms with Crippen molar-refractivity contribution >= 4 is 22.7 Å². The molecule has 0 aliphatic carbocycles. The van der Waals surface area contributed by atoms with Crippen LogP contribution in [-0.2, 0) is 0 Å². The summed E-state index contributed by atoms with van der Waals surface area (Å²) < 4.78 is 0. The maximum absolute atomic E-state index is 4.46. The minimum Gasteiger partial charge on any atom is -0.372 e. The Hall–Kier alpha value is -1.84. The molecular weight excluding hydrogens is 200 g/mol. The van der Waals surface area contributed by atoms with Crippen molar-refractivity contribution in [3.63, 3.8) is 0 Å². The van der Waals surface area contributed by atoms with Gasteiger partial charge in [0, 0.05) is 19.0 Å². The van der Waals surface area contributed by atoms with Crippen LogP contribution in [0, 0.1) is 0 Å². The van der Waals surface area contributed by atoms with E-state index in [1.165, 1.54) is 0 Å². The van der Waals surface area contributed by atoms with E-state index in [4.69, 9.17) is 0 Å². The van der Waals surface area contributed by atoms with Gasteiger partial charge in [0.1, 0.15) is 5.82 Å². The summed E-state index contributed by atoms with van der Waals surface area (Å²) in [5, 5.41) is 7.34. The first-order valence-electron chi connectivity index (χ1n) is 5.53. The van der Waals surface area contributed by atoms with Gasteiger partial charge in [0.25, 0.3) is 0 Å². The molecule has 84 valence electrons. The van der Waals surface area contributed by atoms with Gasteiger partial charge in [-0.15, -0.1) is 0 Å². The van der Waals surface area contributed by atoms with E-state index in [-0.39, 0.29) is 0 Å². The fourth-order valence-corrected chi connectivity index (χ4v) is 1.58. The number of nitrogens with zero attached hydrogens (tertiary/aromatic N) is 2. The molecule has 0 saturated heterocycles. The Morgan fingerprint density at radius 2 is 2.00 bits per heavy atom. The van der Waals surface area contributed by atoms with Gasteiger partial charge < -0.3 is 10.6 Å². The maximum Gasteiger partial charge on any atom is 0.225 e. The Labute approximate surface area is 95.1 Å². The van der Waals surface area contributed by atoms with Crippen LogP contribution in [-0.4, -0.2) is 23.6 Å². The molecule has 2 aromatic rings. The molecule has 0 unspecified atom stereocenters. The molecule has 1 aromatic heterocycles. The summed E-state index contributed by atoms with van der Waals surface area (Å²) in [4.78, 5) is 8.88. The number of aromatic nitrogens is 2. The Morgan fingerprint density at radius 3 is 2.75 bits per heavy atom. The summed E-state index contributed by atoms with van der Waals surface area (Å²) in [5.41, 5.74) is 0.959. The van der Waals surface area contributed by atoms with E-state index in [0.29, 0.717) is 5.95 Å². The summed E-state index contributed by atoms with van der Waals surface area (Å²) in [5.74, 6) is 1.55. The Morgan fingerprint density at radius 1 is 1.19 bits per heavy atom. The SMILES string of the molecule is CCCNc1nc(NC)c2ccccc2n1.